The molecule has 1 saturated heterocycles. The molecule has 4 heteroatoms. The molecule has 26 heavy (non-hydrogen) atoms. The third-order valence-corrected chi connectivity index (χ3v) is 5.09. The maximum absolute atomic E-state index is 14.4. The maximum atomic E-state index is 14.4. The first-order valence-electron chi connectivity index (χ1n) is 9.57. The summed E-state index contributed by atoms with van der Waals surface area (Å²) in [5, 5.41) is 0. The van der Waals surface area contributed by atoms with E-state index in [9.17, 15) is 4.39 Å². The van der Waals surface area contributed by atoms with Gasteiger partial charge in [0.15, 0.2) is 0 Å². The number of rotatable bonds is 7. The predicted octanol–water partition coefficient (Wildman–Crippen LogP) is 3.64. The minimum atomic E-state index is -0.0621. The summed E-state index contributed by atoms with van der Waals surface area (Å²) in [6.45, 7) is 5.92. The van der Waals surface area contributed by atoms with Crippen LogP contribution in [0.25, 0.3) is 0 Å². The lowest BCUT2D eigenvalue weighted by molar-refractivity contribution is 0.249. The van der Waals surface area contributed by atoms with Gasteiger partial charge in [0, 0.05) is 44.0 Å². The van der Waals surface area contributed by atoms with Gasteiger partial charge in [-0.05, 0) is 51.2 Å². The Bertz CT molecular complexity index is 679. The lowest BCUT2D eigenvalue weighted by Gasteiger charge is -2.37. The highest BCUT2D eigenvalue weighted by molar-refractivity contribution is 5.54. The van der Waals surface area contributed by atoms with Gasteiger partial charge in [-0.25, -0.2) is 4.39 Å². The first-order chi connectivity index (χ1) is 12.6. The highest BCUT2D eigenvalue weighted by Gasteiger charge is 2.20. The second kappa shape index (κ2) is 9.15. The summed E-state index contributed by atoms with van der Waals surface area (Å²) in [4.78, 5) is 7.00. The molecule has 3 rings (SSSR count). The van der Waals surface area contributed by atoms with E-state index in [2.05, 4.69) is 65.2 Å². The summed E-state index contributed by atoms with van der Waals surface area (Å²) in [5.41, 5.74) is 3.32. The van der Waals surface area contributed by atoms with E-state index in [-0.39, 0.29) is 5.82 Å². The predicted molar refractivity (Wildman–Crippen MR) is 107 cm³/mol. The van der Waals surface area contributed by atoms with Crippen molar-refractivity contribution in [3.63, 3.8) is 0 Å². The van der Waals surface area contributed by atoms with Crippen molar-refractivity contribution in [1.29, 1.82) is 0 Å². The smallest absolute Gasteiger partial charge is 0.128 e. The third kappa shape index (κ3) is 5.05. The normalized spacial score (nSPS) is 15.6. The van der Waals surface area contributed by atoms with Crippen molar-refractivity contribution in [2.75, 3.05) is 51.7 Å². The summed E-state index contributed by atoms with van der Waals surface area (Å²) < 4.78 is 14.4. The SMILES string of the molecule is CN(C)CCCc1c(F)cccc1N1CCN(Cc2ccccc2)CC1. The van der Waals surface area contributed by atoms with Crippen LogP contribution >= 0.6 is 0 Å². The fourth-order valence-corrected chi connectivity index (χ4v) is 3.65. The zero-order valence-electron chi connectivity index (χ0n) is 16.0. The molecule has 0 atom stereocenters. The van der Waals surface area contributed by atoms with E-state index >= 15 is 0 Å². The molecule has 2 aromatic carbocycles. The highest BCUT2D eigenvalue weighted by Crippen LogP contribution is 2.26. The van der Waals surface area contributed by atoms with Crippen molar-refractivity contribution in [2.45, 2.75) is 19.4 Å². The van der Waals surface area contributed by atoms with E-state index in [1.807, 2.05) is 6.07 Å². The van der Waals surface area contributed by atoms with Gasteiger partial charge in [0.1, 0.15) is 5.82 Å². The van der Waals surface area contributed by atoms with E-state index < -0.39 is 0 Å². The molecule has 2 aromatic rings. The van der Waals surface area contributed by atoms with Crippen LogP contribution in [-0.2, 0) is 13.0 Å². The average molecular weight is 356 g/mol. The number of hydrogen-bond acceptors (Lipinski definition) is 3. The van der Waals surface area contributed by atoms with Crippen LogP contribution in [0.15, 0.2) is 48.5 Å². The summed E-state index contributed by atoms with van der Waals surface area (Å²) in [5.74, 6) is -0.0621. The summed E-state index contributed by atoms with van der Waals surface area (Å²) in [6, 6.07) is 16.1. The number of piperazine rings is 1. The van der Waals surface area contributed by atoms with Crippen molar-refractivity contribution < 1.29 is 4.39 Å². The Morgan fingerprint density at radius 3 is 2.35 bits per heavy atom. The van der Waals surface area contributed by atoms with Crippen LogP contribution in [0.4, 0.5) is 10.1 Å². The molecule has 0 amide bonds. The third-order valence-electron chi connectivity index (χ3n) is 5.09. The fraction of sp³-hybridized carbons (Fsp3) is 0.455. The van der Waals surface area contributed by atoms with Gasteiger partial charge < -0.3 is 9.80 Å². The number of nitrogens with zero attached hydrogens (tertiary/aromatic N) is 3. The number of benzene rings is 2. The number of anilines is 1. The van der Waals surface area contributed by atoms with E-state index in [4.69, 9.17) is 0 Å². The molecule has 0 N–H and O–H groups in total. The molecule has 0 radical (unpaired) electrons. The largest absolute Gasteiger partial charge is 0.369 e. The van der Waals surface area contributed by atoms with Crippen LogP contribution in [0.1, 0.15) is 17.5 Å². The van der Waals surface area contributed by atoms with Gasteiger partial charge in [-0.1, -0.05) is 36.4 Å². The quantitative estimate of drug-likeness (QED) is 0.751. The molecule has 1 aliphatic heterocycles. The van der Waals surface area contributed by atoms with Crippen LogP contribution in [0.5, 0.6) is 0 Å². The Balaban J connectivity index is 1.61. The topological polar surface area (TPSA) is 9.72 Å². The standard InChI is InChI=1S/C22H30FN3/c1-24(2)13-7-10-20-21(23)11-6-12-22(20)26-16-14-25(15-17-26)18-19-8-4-3-5-9-19/h3-6,8-9,11-12H,7,10,13-18H2,1-2H3. The summed E-state index contributed by atoms with van der Waals surface area (Å²) >= 11 is 0. The van der Waals surface area contributed by atoms with Crippen molar-refractivity contribution in [2.24, 2.45) is 0 Å². The molecule has 0 aromatic heterocycles. The van der Waals surface area contributed by atoms with Gasteiger partial charge in [0.2, 0.25) is 0 Å². The van der Waals surface area contributed by atoms with Crippen molar-refractivity contribution in [1.82, 2.24) is 9.80 Å². The van der Waals surface area contributed by atoms with Gasteiger partial charge in [-0.3, -0.25) is 4.90 Å². The Kier molecular flexibility index (Phi) is 6.64. The van der Waals surface area contributed by atoms with E-state index in [0.29, 0.717) is 0 Å². The van der Waals surface area contributed by atoms with Crippen LogP contribution in [0, 0.1) is 5.82 Å². The van der Waals surface area contributed by atoms with Crippen LogP contribution in [-0.4, -0.2) is 56.6 Å². The van der Waals surface area contributed by atoms with Gasteiger partial charge in [0.05, 0.1) is 0 Å². The molecule has 1 aliphatic rings. The van der Waals surface area contributed by atoms with Gasteiger partial charge >= 0.3 is 0 Å². The average Bonchev–Trinajstić information content (AvgIpc) is 2.64. The molecule has 0 spiro atoms. The van der Waals surface area contributed by atoms with Gasteiger partial charge in [0.25, 0.3) is 0 Å². The van der Waals surface area contributed by atoms with Crippen molar-refractivity contribution in [3.05, 3.63) is 65.5 Å². The van der Waals surface area contributed by atoms with Crippen molar-refractivity contribution in [3.8, 4) is 0 Å². The zero-order valence-corrected chi connectivity index (χ0v) is 16.0. The maximum Gasteiger partial charge on any atom is 0.128 e. The Morgan fingerprint density at radius 1 is 0.923 bits per heavy atom. The molecule has 0 bridgehead atoms. The Hall–Kier alpha value is -1.91. The highest BCUT2D eigenvalue weighted by atomic mass is 19.1. The second-order valence-electron chi connectivity index (χ2n) is 7.39. The van der Waals surface area contributed by atoms with Gasteiger partial charge in [-0.15, -0.1) is 0 Å². The van der Waals surface area contributed by atoms with Crippen LogP contribution in [0.3, 0.4) is 0 Å². The monoisotopic (exact) mass is 355 g/mol. The van der Waals surface area contributed by atoms with E-state index in [1.54, 1.807) is 6.07 Å². The lowest BCUT2D eigenvalue weighted by atomic mass is 10.0. The minimum Gasteiger partial charge on any atom is -0.369 e. The molecular weight excluding hydrogens is 325 g/mol. The van der Waals surface area contributed by atoms with Crippen LogP contribution < -0.4 is 4.90 Å². The van der Waals surface area contributed by atoms with Crippen molar-refractivity contribution >= 4 is 5.69 Å². The van der Waals surface area contributed by atoms with E-state index in [0.717, 1.165) is 63.4 Å². The number of hydrogen-bond donors (Lipinski definition) is 0. The summed E-state index contributed by atoms with van der Waals surface area (Å²) in [6.07, 6.45) is 1.78. The molecule has 1 heterocycles. The molecule has 0 saturated carbocycles. The molecule has 0 unspecified atom stereocenters. The number of halogens is 1. The molecule has 140 valence electrons. The minimum absolute atomic E-state index is 0.0621. The summed E-state index contributed by atoms with van der Waals surface area (Å²) in [7, 11) is 4.13. The molecule has 1 fully saturated rings. The lowest BCUT2D eigenvalue weighted by Crippen LogP contribution is -2.46. The van der Waals surface area contributed by atoms with E-state index in [1.165, 1.54) is 5.56 Å². The van der Waals surface area contributed by atoms with Gasteiger partial charge in [-0.2, -0.15) is 0 Å². The Morgan fingerprint density at radius 2 is 1.65 bits per heavy atom. The first kappa shape index (κ1) is 18.9. The second-order valence-corrected chi connectivity index (χ2v) is 7.39. The zero-order chi connectivity index (χ0) is 18.4. The van der Waals surface area contributed by atoms with Crippen LogP contribution in [0.2, 0.25) is 0 Å². The fourth-order valence-electron chi connectivity index (χ4n) is 3.65. The molecule has 3 nitrogen and oxygen atoms in total. The molecular formula is C22H30FN3. The first-order valence-corrected chi connectivity index (χ1v) is 9.57. The molecule has 0 aliphatic carbocycles. The Labute approximate surface area is 157 Å².